The van der Waals surface area contributed by atoms with Crippen LogP contribution in [0.1, 0.15) is 47.8 Å². The first-order valence-corrected chi connectivity index (χ1v) is 12.9. The highest BCUT2D eigenvalue weighted by Gasteiger charge is 2.30. The summed E-state index contributed by atoms with van der Waals surface area (Å²) >= 11 is 0. The van der Waals surface area contributed by atoms with Crippen LogP contribution in [0.25, 0.3) is 5.65 Å². The van der Waals surface area contributed by atoms with Crippen LogP contribution in [0.5, 0.6) is 0 Å². The molecule has 0 saturated carbocycles. The van der Waals surface area contributed by atoms with E-state index >= 15 is 0 Å². The number of piperidine rings is 1. The molecule has 1 amide bonds. The van der Waals surface area contributed by atoms with Gasteiger partial charge in [-0.2, -0.15) is 5.10 Å². The van der Waals surface area contributed by atoms with Crippen LogP contribution in [-0.2, 0) is 0 Å². The quantitative estimate of drug-likeness (QED) is 0.353. The number of rotatable bonds is 6. The molecule has 2 aliphatic rings. The molecule has 0 spiro atoms. The molecule has 3 aromatic heterocycles. The molecule has 2 saturated heterocycles. The van der Waals surface area contributed by atoms with E-state index in [2.05, 4.69) is 26.0 Å². The molecule has 0 radical (unpaired) electrons. The highest BCUT2D eigenvalue weighted by Crippen LogP contribution is 2.37. The zero-order chi connectivity index (χ0) is 26.1. The molecule has 1 atom stereocenters. The molecular formula is C27H28F2N8O. The van der Waals surface area contributed by atoms with Gasteiger partial charge in [0.1, 0.15) is 34.7 Å². The molecule has 2 fully saturated rings. The van der Waals surface area contributed by atoms with Gasteiger partial charge in [0.25, 0.3) is 5.91 Å². The number of anilines is 3. The Kier molecular flexibility index (Phi) is 6.59. The SMILES string of the molecule is O=C(Nc1cnn2ccc(N3CCCC3c3cc(F)ccc3F)nc12)c1cccc(NC2CCNCC2)n1. The van der Waals surface area contributed by atoms with E-state index in [4.69, 9.17) is 4.98 Å². The minimum atomic E-state index is -0.471. The molecule has 38 heavy (non-hydrogen) atoms. The lowest BCUT2D eigenvalue weighted by Gasteiger charge is -2.26. The number of pyridine rings is 1. The number of carbonyl (C=O) groups is 1. The molecular weight excluding hydrogens is 490 g/mol. The average Bonchev–Trinajstić information content (AvgIpc) is 3.58. The van der Waals surface area contributed by atoms with Crippen LogP contribution in [-0.4, -0.2) is 51.2 Å². The minimum absolute atomic E-state index is 0.278. The van der Waals surface area contributed by atoms with E-state index in [1.807, 2.05) is 11.0 Å². The summed E-state index contributed by atoms with van der Waals surface area (Å²) in [5.41, 5.74) is 1.48. The Hall–Kier alpha value is -4.12. The lowest BCUT2D eigenvalue weighted by molar-refractivity contribution is 0.102. The van der Waals surface area contributed by atoms with E-state index in [9.17, 15) is 13.6 Å². The summed E-state index contributed by atoms with van der Waals surface area (Å²) in [7, 11) is 0. The van der Waals surface area contributed by atoms with E-state index in [-0.39, 0.29) is 17.6 Å². The second kappa shape index (κ2) is 10.3. The predicted molar refractivity (Wildman–Crippen MR) is 140 cm³/mol. The Balaban J connectivity index is 1.23. The third kappa shape index (κ3) is 4.89. The fourth-order valence-corrected chi connectivity index (χ4v) is 5.25. The average molecular weight is 519 g/mol. The van der Waals surface area contributed by atoms with Crippen molar-refractivity contribution in [1.82, 2.24) is 24.9 Å². The number of hydrogen-bond donors (Lipinski definition) is 3. The van der Waals surface area contributed by atoms with Gasteiger partial charge in [-0.1, -0.05) is 6.07 Å². The molecule has 0 bridgehead atoms. The second-order valence-corrected chi connectivity index (χ2v) is 9.66. The topological polar surface area (TPSA) is 99.5 Å². The van der Waals surface area contributed by atoms with Gasteiger partial charge in [0.15, 0.2) is 5.65 Å². The Morgan fingerprint density at radius 2 is 1.92 bits per heavy atom. The van der Waals surface area contributed by atoms with Crippen molar-refractivity contribution in [2.24, 2.45) is 0 Å². The van der Waals surface area contributed by atoms with Gasteiger partial charge in [-0.3, -0.25) is 4.79 Å². The van der Waals surface area contributed by atoms with Crippen LogP contribution in [0.4, 0.5) is 26.1 Å². The monoisotopic (exact) mass is 518 g/mol. The number of nitrogens with zero attached hydrogens (tertiary/aromatic N) is 5. The Morgan fingerprint density at radius 3 is 2.79 bits per heavy atom. The van der Waals surface area contributed by atoms with E-state index in [1.54, 1.807) is 28.9 Å². The first-order valence-electron chi connectivity index (χ1n) is 12.9. The fourth-order valence-electron chi connectivity index (χ4n) is 5.25. The van der Waals surface area contributed by atoms with Crippen molar-refractivity contribution < 1.29 is 13.6 Å². The normalized spacial score (nSPS) is 18.2. The zero-order valence-corrected chi connectivity index (χ0v) is 20.7. The maximum absolute atomic E-state index is 14.6. The standard InChI is InChI=1S/C27H28F2N8O/c28-17-6-7-20(29)19(15-17)23-4-2-13-36(23)25-10-14-37-26(35-25)22(16-31-37)34-27(38)21-3-1-5-24(33-21)32-18-8-11-30-12-9-18/h1,3,5-7,10,14-16,18,23,30H,2,4,8-9,11-13H2,(H,32,33)(H,34,38). The van der Waals surface area contributed by atoms with Crippen molar-refractivity contribution in [3.8, 4) is 0 Å². The molecule has 1 aromatic carbocycles. The van der Waals surface area contributed by atoms with Crippen LogP contribution in [0.15, 0.2) is 54.9 Å². The largest absolute Gasteiger partial charge is 0.367 e. The van der Waals surface area contributed by atoms with Crippen molar-refractivity contribution in [2.45, 2.75) is 37.8 Å². The minimum Gasteiger partial charge on any atom is -0.367 e. The van der Waals surface area contributed by atoms with E-state index < -0.39 is 11.6 Å². The molecule has 3 N–H and O–H groups in total. The zero-order valence-electron chi connectivity index (χ0n) is 20.7. The molecule has 6 rings (SSSR count). The number of benzene rings is 1. The first kappa shape index (κ1) is 24.2. The van der Waals surface area contributed by atoms with Crippen molar-refractivity contribution in [1.29, 1.82) is 0 Å². The summed E-state index contributed by atoms with van der Waals surface area (Å²) in [5.74, 6) is -0.0190. The third-order valence-electron chi connectivity index (χ3n) is 7.14. The van der Waals surface area contributed by atoms with E-state index in [1.165, 1.54) is 12.3 Å². The van der Waals surface area contributed by atoms with Crippen LogP contribution >= 0.6 is 0 Å². The number of hydrogen-bond acceptors (Lipinski definition) is 7. The van der Waals surface area contributed by atoms with Gasteiger partial charge in [0, 0.05) is 24.3 Å². The predicted octanol–water partition coefficient (Wildman–Crippen LogP) is 4.16. The number of amides is 1. The number of aromatic nitrogens is 4. The maximum Gasteiger partial charge on any atom is 0.274 e. The van der Waals surface area contributed by atoms with Gasteiger partial charge < -0.3 is 20.9 Å². The van der Waals surface area contributed by atoms with E-state index in [0.717, 1.165) is 44.5 Å². The Labute approximate surface area is 218 Å². The summed E-state index contributed by atoms with van der Waals surface area (Å²) in [6.07, 6.45) is 6.78. The molecule has 11 heteroatoms. The highest BCUT2D eigenvalue weighted by molar-refractivity contribution is 6.04. The Bertz CT molecular complexity index is 1470. The summed E-state index contributed by atoms with van der Waals surface area (Å²) in [4.78, 5) is 24.3. The van der Waals surface area contributed by atoms with Crippen molar-refractivity contribution in [2.75, 3.05) is 35.2 Å². The third-order valence-corrected chi connectivity index (χ3v) is 7.14. The summed E-state index contributed by atoms with van der Waals surface area (Å²) in [5, 5.41) is 13.9. The van der Waals surface area contributed by atoms with Crippen molar-refractivity contribution in [3.05, 3.63) is 77.8 Å². The van der Waals surface area contributed by atoms with Crippen LogP contribution < -0.4 is 20.9 Å². The number of carbonyl (C=O) groups excluding carboxylic acids is 1. The lowest BCUT2D eigenvalue weighted by Crippen LogP contribution is -2.35. The second-order valence-electron chi connectivity index (χ2n) is 9.66. The summed E-state index contributed by atoms with van der Waals surface area (Å²) in [6.45, 7) is 2.56. The molecule has 196 valence electrons. The molecule has 0 aliphatic carbocycles. The van der Waals surface area contributed by atoms with Gasteiger partial charge in [0.2, 0.25) is 0 Å². The summed E-state index contributed by atoms with van der Waals surface area (Å²) < 4.78 is 30.0. The molecule has 2 aliphatic heterocycles. The van der Waals surface area contributed by atoms with Crippen molar-refractivity contribution >= 4 is 28.9 Å². The number of halogens is 2. The van der Waals surface area contributed by atoms with Gasteiger partial charge >= 0.3 is 0 Å². The van der Waals surface area contributed by atoms with Crippen molar-refractivity contribution in [3.63, 3.8) is 0 Å². The highest BCUT2D eigenvalue weighted by atomic mass is 19.1. The van der Waals surface area contributed by atoms with Crippen LogP contribution in [0, 0.1) is 11.6 Å². The first-order chi connectivity index (χ1) is 18.5. The van der Waals surface area contributed by atoms with Crippen LogP contribution in [0.2, 0.25) is 0 Å². The van der Waals surface area contributed by atoms with Gasteiger partial charge in [-0.15, -0.1) is 0 Å². The number of fused-ring (bicyclic) bond motifs is 1. The summed E-state index contributed by atoms with van der Waals surface area (Å²) in [6, 6.07) is 10.6. The molecule has 5 heterocycles. The van der Waals surface area contributed by atoms with Gasteiger partial charge in [0.05, 0.1) is 12.2 Å². The van der Waals surface area contributed by atoms with E-state index in [0.29, 0.717) is 47.5 Å². The molecule has 1 unspecified atom stereocenters. The smallest absolute Gasteiger partial charge is 0.274 e. The van der Waals surface area contributed by atoms with Gasteiger partial charge in [-0.05, 0) is 75.2 Å². The number of nitrogens with one attached hydrogen (secondary N) is 3. The maximum atomic E-state index is 14.6. The molecule has 4 aromatic rings. The molecule has 9 nitrogen and oxygen atoms in total. The Morgan fingerprint density at radius 1 is 1.05 bits per heavy atom. The van der Waals surface area contributed by atoms with Gasteiger partial charge in [-0.25, -0.2) is 23.3 Å². The lowest BCUT2D eigenvalue weighted by atomic mass is 10.0. The fraction of sp³-hybridized carbons (Fsp3) is 0.333. The van der Waals surface area contributed by atoms with Crippen LogP contribution in [0.3, 0.4) is 0 Å².